The maximum atomic E-state index is 5.41. The molecule has 1 aliphatic rings. The van der Waals surface area contributed by atoms with Crippen molar-refractivity contribution in [2.45, 2.75) is 13.0 Å². The molecule has 0 aliphatic carbocycles. The molecule has 0 aromatic carbocycles. The molecule has 0 bridgehead atoms. The number of rotatable bonds is 0. The van der Waals surface area contributed by atoms with Gasteiger partial charge in [0, 0.05) is 0 Å². The fraction of sp³-hybridized carbons (Fsp3) is 0.500. The van der Waals surface area contributed by atoms with Crippen LogP contribution < -0.4 is 0 Å². The lowest BCUT2D eigenvalue weighted by Gasteiger charge is -1.80. The lowest BCUT2D eigenvalue weighted by Crippen LogP contribution is -1.82. The van der Waals surface area contributed by atoms with Crippen LogP contribution in [0.2, 0.25) is 0 Å². The van der Waals surface area contributed by atoms with Gasteiger partial charge in [0.1, 0.15) is 5.16 Å². The van der Waals surface area contributed by atoms with Gasteiger partial charge in [0.25, 0.3) is 0 Å². The fourth-order valence-electron chi connectivity index (χ4n) is 0.412. The molecule has 1 heterocycles. The molecule has 0 aromatic rings. The van der Waals surface area contributed by atoms with E-state index in [-0.39, 0.29) is 6.04 Å². The van der Waals surface area contributed by atoms with Crippen molar-refractivity contribution >= 4 is 11.6 Å². The van der Waals surface area contributed by atoms with Crippen LogP contribution in [0.5, 0.6) is 0 Å². The van der Waals surface area contributed by atoms with Crippen LogP contribution in [0.25, 0.3) is 0 Å². The zero-order chi connectivity index (χ0) is 5.28. The molecule has 0 fully saturated rings. The molecule has 0 spiro atoms. The summed E-state index contributed by atoms with van der Waals surface area (Å²) in [5.74, 6) is 0. The minimum absolute atomic E-state index is 0.187. The van der Waals surface area contributed by atoms with Gasteiger partial charge in [-0.2, -0.15) is 5.11 Å². The molecule has 38 valence electrons. The van der Waals surface area contributed by atoms with Gasteiger partial charge in [-0.3, -0.25) is 0 Å². The van der Waals surface area contributed by atoms with E-state index in [1.54, 1.807) is 6.08 Å². The largest absolute Gasteiger partial charge is 0.180 e. The first-order valence-corrected chi connectivity index (χ1v) is 2.45. The maximum Gasteiger partial charge on any atom is 0.149 e. The monoisotopic (exact) mass is 116 g/mol. The van der Waals surface area contributed by atoms with E-state index in [2.05, 4.69) is 10.2 Å². The van der Waals surface area contributed by atoms with Crippen LogP contribution in [-0.2, 0) is 0 Å². The van der Waals surface area contributed by atoms with Gasteiger partial charge in [0.2, 0.25) is 0 Å². The summed E-state index contributed by atoms with van der Waals surface area (Å²) in [6.45, 7) is 1.93. The van der Waals surface area contributed by atoms with Crippen LogP contribution in [-0.4, -0.2) is 6.04 Å². The fourth-order valence-corrected chi connectivity index (χ4v) is 0.638. The molecule has 0 saturated carbocycles. The minimum Gasteiger partial charge on any atom is -0.180 e. The molecule has 0 radical (unpaired) electrons. The van der Waals surface area contributed by atoms with E-state index in [1.165, 1.54) is 0 Å². The Bertz CT molecular complexity index is 128. The number of azo groups is 1. The van der Waals surface area contributed by atoms with E-state index in [1.807, 2.05) is 6.92 Å². The van der Waals surface area contributed by atoms with E-state index in [0.29, 0.717) is 5.16 Å². The Morgan fingerprint density at radius 2 is 2.57 bits per heavy atom. The molecule has 0 saturated heterocycles. The topological polar surface area (TPSA) is 24.7 Å². The van der Waals surface area contributed by atoms with Gasteiger partial charge in [-0.25, -0.2) is 0 Å². The highest BCUT2D eigenvalue weighted by Gasteiger charge is 2.02. The van der Waals surface area contributed by atoms with Crippen molar-refractivity contribution in [3.05, 3.63) is 11.2 Å². The number of hydrogen-bond acceptors (Lipinski definition) is 2. The van der Waals surface area contributed by atoms with Crippen molar-refractivity contribution in [2.24, 2.45) is 10.2 Å². The number of nitrogens with zero attached hydrogens (tertiary/aromatic N) is 2. The Balaban J connectivity index is 2.69. The van der Waals surface area contributed by atoms with Crippen molar-refractivity contribution in [3.8, 4) is 0 Å². The number of halogens is 1. The first kappa shape index (κ1) is 4.78. The lowest BCUT2D eigenvalue weighted by molar-refractivity contribution is 0.894. The van der Waals surface area contributed by atoms with Gasteiger partial charge in [0.05, 0.1) is 6.04 Å². The molecule has 2 nitrogen and oxygen atoms in total. The van der Waals surface area contributed by atoms with Crippen LogP contribution in [0.1, 0.15) is 6.92 Å². The predicted molar refractivity (Wildman–Crippen MR) is 28.3 cm³/mol. The normalized spacial score (nSPS) is 28.3. The molecule has 0 unspecified atom stereocenters. The zero-order valence-corrected chi connectivity index (χ0v) is 4.68. The summed E-state index contributed by atoms with van der Waals surface area (Å²) < 4.78 is 0. The average Bonchev–Trinajstić information content (AvgIpc) is 1.87. The molecule has 0 amide bonds. The van der Waals surface area contributed by atoms with Gasteiger partial charge in [-0.15, -0.1) is 5.11 Å². The number of hydrogen-bond donors (Lipinski definition) is 0. The van der Waals surface area contributed by atoms with Crippen LogP contribution in [0, 0.1) is 0 Å². The Labute approximate surface area is 46.9 Å². The second kappa shape index (κ2) is 1.62. The molecule has 3 heteroatoms. The molecule has 1 atom stereocenters. The van der Waals surface area contributed by atoms with Crippen molar-refractivity contribution in [1.82, 2.24) is 0 Å². The lowest BCUT2D eigenvalue weighted by atomic mass is 10.4. The molecule has 1 aliphatic heterocycles. The van der Waals surface area contributed by atoms with Gasteiger partial charge in [-0.1, -0.05) is 11.6 Å². The third-order valence-electron chi connectivity index (χ3n) is 0.714. The molecule has 7 heavy (non-hydrogen) atoms. The SMILES string of the molecule is C[C@H]1C=C(Cl)N=N1. The van der Waals surface area contributed by atoms with Gasteiger partial charge >= 0.3 is 0 Å². The third-order valence-corrected chi connectivity index (χ3v) is 0.916. The van der Waals surface area contributed by atoms with Gasteiger partial charge in [-0.05, 0) is 13.0 Å². The summed E-state index contributed by atoms with van der Waals surface area (Å²) in [5.41, 5.74) is 0. The van der Waals surface area contributed by atoms with Gasteiger partial charge < -0.3 is 0 Å². The van der Waals surface area contributed by atoms with Crippen LogP contribution in [0.4, 0.5) is 0 Å². The molecule has 1 rings (SSSR count). The van der Waals surface area contributed by atoms with E-state index >= 15 is 0 Å². The zero-order valence-electron chi connectivity index (χ0n) is 3.93. The summed E-state index contributed by atoms with van der Waals surface area (Å²) in [6.07, 6.45) is 1.79. The Hall–Kier alpha value is -0.370. The summed E-state index contributed by atoms with van der Waals surface area (Å²) in [6, 6.07) is 0.187. The Morgan fingerprint density at radius 1 is 1.86 bits per heavy atom. The molecule has 0 aromatic heterocycles. The van der Waals surface area contributed by atoms with Crippen LogP contribution >= 0.6 is 11.6 Å². The maximum absolute atomic E-state index is 5.41. The predicted octanol–water partition coefficient (Wildman–Crippen LogP) is 1.92. The van der Waals surface area contributed by atoms with E-state index in [4.69, 9.17) is 11.6 Å². The average molecular weight is 117 g/mol. The van der Waals surface area contributed by atoms with E-state index < -0.39 is 0 Å². The third kappa shape index (κ3) is 0.996. The molecular weight excluding hydrogens is 112 g/mol. The van der Waals surface area contributed by atoms with Crippen LogP contribution in [0.15, 0.2) is 21.5 Å². The van der Waals surface area contributed by atoms with Crippen molar-refractivity contribution in [1.29, 1.82) is 0 Å². The highest BCUT2D eigenvalue weighted by Crippen LogP contribution is 2.14. The summed E-state index contributed by atoms with van der Waals surface area (Å²) >= 11 is 5.41. The minimum atomic E-state index is 0.187. The summed E-state index contributed by atoms with van der Waals surface area (Å²) in [7, 11) is 0. The molecule has 0 N–H and O–H groups in total. The second-order valence-corrected chi connectivity index (χ2v) is 1.83. The van der Waals surface area contributed by atoms with E-state index in [0.717, 1.165) is 0 Å². The quantitative estimate of drug-likeness (QED) is 0.432. The van der Waals surface area contributed by atoms with E-state index in [9.17, 15) is 0 Å². The Kier molecular flexibility index (Phi) is 1.11. The van der Waals surface area contributed by atoms with Crippen molar-refractivity contribution in [2.75, 3.05) is 0 Å². The van der Waals surface area contributed by atoms with Crippen molar-refractivity contribution < 1.29 is 0 Å². The van der Waals surface area contributed by atoms with Crippen molar-refractivity contribution in [3.63, 3.8) is 0 Å². The summed E-state index contributed by atoms with van der Waals surface area (Å²) in [4.78, 5) is 0. The standard InChI is InChI=1S/C4H5ClN2/c1-3-2-4(5)7-6-3/h2-3H,1H3/t3-/m0/s1. The van der Waals surface area contributed by atoms with Gasteiger partial charge in [0.15, 0.2) is 0 Å². The highest BCUT2D eigenvalue weighted by atomic mass is 35.5. The first-order chi connectivity index (χ1) is 3.29. The second-order valence-electron chi connectivity index (χ2n) is 1.45. The smallest absolute Gasteiger partial charge is 0.149 e. The van der Waals surface area contributed by atoms with Crippen LogP contribution in [0.3, 0.4) is 0 Å². The Morgan fingerprint density at radius 3 is 2.71 bits per heavy atom. The molecular formula is C4H5ClN2. The highest BCUT2D eigenvalue weighted by molar-refractivity contribution is 6.29. The first-order valence-electron chi connectivity index (χ1n) is 2.07. The summed E-state index contributed by atoms with van der Waals surface area (Å²) in [5, 5.41) is 7.79.